The molecule has 1 aromatic heterocycles. The fraction of sp³-hybridized carbons (Fsp3) is 0.593. The van der Waals surface area contributed by atoms with E-state index in [-0.39, 0.29) is 11.8 Å². The van der Waals surface area contributed by atoms with Gasteiger partial charge in [-0.15, -0.1) is 16.8 Å². The number of benzene rings is 1. The van der Waals surface area contributed by atoms with Crippen LogP contribution >= 0.6 is 0 Å². The number of anilines is 1. The van der Waals surface area contributed by atoms with Crippen LogP contribution in [0.4, 0.5) is 5.69 Å². The fourth-order valence-electron chi connectivity index (χ4n) is 5.25. The summed E-state index contributed by atoms with van der Waals surface area (Å²) in [5.41, 5.74) is 3.16. The molecule has 172 valence electrons. The van der Waals surface area contributed by atoms with Gasteiger partial charge in [0.2, 0.25) is 5.91 Å². The SMILES string of the molecule is C=CCC(CC(=O)Nc1ccc(C)cc1C)c1nnc([C@H]2C[C@@H](CC(C)C)C2)n1C1CC1. The molecule has 1 aromatic carbocycles. The Morgan fingerprint density at radius 2 is 2.00 bits per heavy atom. The number of carbonyl (C=O) groups is 1. The van der Waals surface area contributed by atoms with Crippen molar-refractivity contribution in [1.29, 1.82) is 0 Å². The van der Waals surface area contributed by atoms with Crippen molar-refractivity contribution in [2.45, 2.75) is 90.5 Å². The van der Waals surface area contributed by atoms with Crippen molar-refractivity contribution in [1.82, 2.24) is 14.8 Å². The first kappa shape index (κ1) is 22.8. The third kappa shape index (κ3) is 5.13. The van der Waals surface area contributed by atoms with E-state index in [2.05, 4.69) is 53.5 Å². The summed E-state index contributed by atoms with van der Waals surface area (Å²) in [4.78, 5) is 13.0. The summed E-state index contributed by atoms with van der Waals surface area (Å²) in [6.45, 7) is 12.7. The molecule has 1 amide bonds. The van der Waals surface area contributed by atoms with Crippen LogP contribution in [-0.4, -0.2) is 20.7 Å². The second-order valence-electron chi connectivity index (χ2n) is 10.5. The molecule has 2 aromatic rings. The second kappa shape index (κ2) is 9.60. The highest BCUT2D eigenvalue weighted by atomic mass is 16.1. The molecule has 2 aliphatic rings. The number of carbonyl (C=O) groups excluding carboxylic acids is 1. The number of hydrogen-bond acceptors (Lipinski definition) is 3. The second-order valence-corrected chi connectivity index (χ2v) is 10.5. The van der Waals surface area contributed by atoms with Crippen molar-refractivity contribution >= 4 is 11.6 Å². The average Bonchev–Trinajstić information content (AvgIpc) is 3.45. The van der Waals surface area contributed by atoms with E-state index in [0.29, 0.717) is 18.4 Å². The Balaban J connectivity index is 1.49. The number of allylic oxidation sites excluding steroid dienone is 1. The number of hydrogen-bond donors (Lipinski definition) is 1. The lowest BCUT2D eigenvalue weighted by atomic mass is 9.71. The first-order valence-corrected chi connectivity index (χ1v) is 12.3. The molecule has 0 spiro atoms. The van der Waals surface area contributed by atoms with Crippen LogP contribution in [0, 0.1) is 25.7 Å². The maximum absolute atomic E-state index is 13.0. The van der Waals surface area contributed by atoms with Gasteiger partial charge in [-0.2, -0.15) is 0 Å². The normalized spacial score (nSPS) is 21.3. The van der Waals surface area contributed by atoms with Crippen molar-refractivity contribution in [3.63, 3.8) is 0 Å². The van der Waals surface area contributed by atoms with Crippen LogP contribution in [0.1, 0.15) is 99.4 Å². The Bertz CT molecular complexity index is 966. The summed E-state index contributed by atoms with van der Waals surface area (Å²) in [5, 5.41) is 12.4. The Kier molecular flexibility index (Phi) is 6.82. The van der Waals surface area contributed by atoms with Gasteiger partial charge in [-0.25, -0.2) is 0 Å². The molecule has 1 unspecified atom stereocenters. The standard InChI is InChI=1S/C27H38N4O/c1-6-7-21(16-25(32)28-24-11-8-18(4)13-19(24)5)26-29-30-27(31(26)23-9-10-23)22-14-20(15-22)12-17(2)3/h6,8,11,13,17,20-23H,1,7,9-10,12,14-16H2,2-5H3,(H,28,32)/t20-,21?,22+. The van der Waals surface area contributed by atoms with Gasteiger partial charge in [-0.1, -0.05) is 37.6 Å². The molecule has 0 radical (unpaired) electrons. The van der Waals surface area contributed by atoms with Crippen LogP contribution in [0.2, 0.25) is 0 Å². The monoisotopic (exact) mass is 434 g/mol. The molecule has 5 nitrogen and oxygen atoms in total. The molecule has 2 saturated carbocycles. The number of nitrogens with zero attached hydrogens (tertiary/aromatic N) is 3. The molecule has 0 bridgehead atoms. The third-order valence-corrected chi connectivity index (χ3v) is 6.97. The van der Waals surface area contributed by atoms with Gasteiger partial charge in [0.15, 0.2) is 0 Å². The first-order chi connectivity index (χ1) is 15.4. The van der Waals surface area contributed by atoms with E-state index in [4.69, 9.17) is 0 Å². The van der Waals surface area contributed by atoms with Gasteiger partial charge in [-0.05, 0) is 75.8 Å². The topological polar surface area (TPSA) is 59.8 Å². The van der Waals surface area contributed by atoms with Gasteiger partial charge in [-0.3, -0.25) is 4.79 Å². The molecule has 0 aliphatic heterocycles. The quantitative estimate of drug-likeness (QED) is 0.437. The summed E-state index contributed by atoms with van der Waals surface area (Å²) >= 11 is 0. The molecule has 4 rings (SSSR count). The highest BCUT2D eigenvalue weighted by molar-refractivity contribution is 5.92. The predicted octanol–water partition coefficient (Wildman–Crippen LogP) is 6.46. The van der Waals surface area contributed by atoms with Gasteiger partial charge in [0.1, 0.15) is 11.6 Å². The zero-order valence-corrected chi connectivity index (χ0v) is 20.1. The number of aryl methyl sites for hydroxylation is 2. The van der Waals surface area contributed by atoms with E-state index in [1.165, 1.54) is 37.7 Å². The molecule has 2 aliphatic carbocycles. The molecule has 5 heteroatoms. The van der Waals surface area contributed by atoms with Crippen LogP contribution in [-0.2, 0) is 4.79 Å². The van der Waals surface area contributed by atoms with Crippen molar-refractivity contribution in [2.75, 3.05) is 5.32 Å². The molecule has 1 N–H and O–H groups in total. The maximum Gasteiger partial charge on any atom is 0.225 e. The van der Waals surface area contributed by atoms with Gasteiger partial charge >= 0.3 is 0 Å². The molecular formula is C27H38N4O. The van der Waals surface area contributed by atoms with Gasteiger partial charge in [0.05, 0.1) is 0 Å². The van der Waals surface area contributed by atoms with Crippen LogP contribution in [0.15, 0.2) is 30.9 Å². The largest absolute Gasteiger partial charge is 0.326 e. The van der Waals surface area contributed by atoms with Crippen molar-refractivity contribution in [2.24, 2.45) is 11.8 Å². The Hall–Kier alpha value is -2.43. The average molecular weight is 435 g/mol. The minimum absolute atomic E-state index is 0.00615. The van der Waals surface area contributed by atoms with E-state index >= 15 is 0 Å². The fourth-order valence-corrected chi connectivity index (χ4v) is 5.25. The summed E-state index contributed by atoms with van der Waals surface area (Å²) < 4.78 is 2.40. The summed E-state index contributed by atoms with van der Waals surface area (Å²) in [5.74, 6) is 4.26. The number of rotatable bonds is 10. The predicted molar refractivity (Wildman–Crippen MR) is 130 cm³/mol. The molecule has 2 fully saturated rings. The minimum atomic E-state index is 0.00615. The zero-order chi connectivity index (χ0) is 22.8. The van der Waals surface area contributed by atoms with Crippen molar-refractivity contribution in [3.05, 3.63) is 53.6 Å². The van der Waals surface area contributed by atoms with Gasteiger partial charge < -0.3 is 9.88 Å². The Labute approximate surface area is 192 Å². The van der Waals surface area contributed by atoms with Crippen LogP contribution in [0.5, 0.6) is 0 Å². The molecule has 1 atom stereocenters. The minimum Gasteiger partial charge on any atom is -0.326 e. The molecule has 0 saturated heterocycles. The van der Waals surface area contributed by atoms with E-state index in [0.717, 1.165) is 41.2 Å². The lowest BCUT2D eigenvalue weighted by Gasteiger charge is -2.36. The summed E-state index contributed by atoms with van der Waals surface area (Å²) in [6, 6.07) is 6.62. The Morgan fingerprint density at radius 3 is 2.62 bits per heavy atom. The lowest BCUT2D eigenvalue weighted by Crippen LogP contribution is -2.26. The highest BCUT2D eigenvalue weighted by Crippen LogP contribution is 2.48. The Morgan fingerprint density at radius 1 is 1.25 bits per heavy atom. The van der Waals surface area contributed by atoms with Crippen LogP contribution < -0.4 is 5.32 Å². The van der Waals surface area contributed by atoms with Crippen LogP contribution in [0.3, 0.4) is 0 Å². The highest BCUT2D eigenvalue weighted by Gasteiger charge is 2.39. The lowest BCUT2D eigenvalue weighted by molar-refractivity contribution is -0.116. The van der Waals surface area contributed by atoms with Crippen LogP contribution in [0.25, 0.3) is 0 Å². The number of nitrogens with one attached hydrogen (secondary N) is 1. The number of amides is 1. The van der Waals surface area contributed by atoms with E-state index in [9.17, 15) is 4.79 Å². The van der Waals surface area contributed by atoms with Crippen molar-refractivity contribution < 1.29 is 4.79 Å². The van der Waals surface area contributed by atoms with Crippen molar-refractivity contribution in [3.8, 4) is 0 Å². The summed E-state index contributed by atoms with van der Waals surface area (Å²) in [6.07, 6.45) is 9.16. The van der Waals surface area contributed by atoms with E-state index < -0.39 is 0 Å². The molecule has 1 heterocycles. The number of aromatic nitrogens is 3. The van der Waals surface area contributed by atoms with E-state index in [1.807, 2.05) is 25.1 Å². The molecule has 32 heavy (non-hydrogen) atoms. The molecular weight excluding hydrogens is 396 g/mol. The third-order valence-electron chi connectivity index (χ3n) is 6.97. The van der Waals surface area contributed by atoms with Gasteiger partial charge in [0.25, 0.3) is 0 Å². The first-order valence-electron chi connectivity index (χ1n) is 12.3. The maximum atomic E-state index is 13.0. The zero-order valence-electron chi connectivity index (χ0n) is 20.1. The summed E-state index contributed by atoms with van der Waals surface area (Å²) in [7, 11) is 0. The van der Waals surface area contributed by atoms with Gasteiger partial charge in [0, 0.05) is 30.0 Å². The van der Waals surface area contributed by atoms with E-state index in [1.54, 1.807) is 0 Å². The smallest absolute Gasteiger partial charge is 0.225 e.